The SMILES string of the molecule is COc1ccc(-c2csc(C3=C(O)CN(CCc4ccccn4)C3=N)n2)cc1. The molecule has 0 amide bonds. The second-order valence-electron chi connectivity index (χ2n) is 6.43. The Balaban J connectivity index is 1.48. The molecule has 0 atom stereocenters. The van der Waals surface area contributed by atoms with E-state index in [1.165, 1.54) is 11.3 Å². The lowest BCUT2D eigenvalue weighted by molar-refractivity contribution is 0.351. The molecule has 4 rings (SSSR count). The summed E-state index contributed by atoms with van der Waals surface area (Å²) in [6.45, 7) is 0.957. The highest BCUT2D eigenvalue weighted by Gasteiger charge is 2.30. The van der Waals surface area contributed by atoms with Gasteiger partial charge in [0.05, 0.1) is 24.9 Å². The zero-order valence-electron chi connectivity index (χ0n) is 15.4. The highest BCUT2D eigenvalue weighted by Crippen LogP contribution is 2.32. The van der Waals surface area contributed by atoms with Gasteiger partial charge in [-0.25, -0.2) is 4.98 Å². The van der Waals surface area contributed by atoms with E-state index in [1.54, 1.807) is 13.3 Å². The van der Waals surface area contributed by atoms with Crippen molar-refractivity contribution < 1.29 is 9.84 Å². The summed E-state index contributed by atoms with van der Waals surface area (Å²) in [7, 11) is 1.64. The van der Waals surface area contributed by atoms with Crippen LogP contribution in [0.3, 0.4) is 0 Å². The molecule has 0 fully saturated rings. The lowest BCUT2D eigenvalue weighted by atomic mass is 10.1. The minimum absolute atomic E-state index is 0.196. The predicted octanol–water partition coefficient (Wildman–Crippen LogP) is 4.02. The molecule has 142 valence electrons. The number of thiazole rings is 1. The molecule has 0 radical (unpaired) electrons. The van der Waals surface area contributed by atoms with Crippen LogP contribution in [-0.2, 0) is 6.42 Å². The van der Waals surface area contributed by atoms with E-state index in [-0.39, 0.29) is 5.76 Å². The van der Waals surface area contributed by atoms with Gasteiger partial charge in [0.25, 0.3) is 0 Å². The Morgan fingerprint density at radius 1 is 1.21 bits per heavy atom. The van der Waals surface area contributed by atoms with E-state index in [0.29, 0.717) is 29.5 Å². The van der Waals surface area contributed by atoms with E-state index >= 15 is 0 Å². The summed E-state index contributed by atoms with van der Waals surface area (Å²) in [5, 5.41) is 21.6. The molecule has 0 aliphatic carbocycles. The first-order chi connectivity index (χ1) is 13.7. The van der Waals surface area contributed by atoms with Crippen LogP contribution >= 0.6 is 11.3 Å². The summed E-state index contributed by atoms with van der Waals surface area (Å²) >= 11 is 1.44. The number of nitrogens with zero attached hydrogens (tertiary/aromatic N) is 3. The van der Waals surface area contributed by atoms with Gasteiger partial charge in [-0.3, -0.25) is 10.4 Å². The van der Waals surface area contributed by atoms with Crippen molar-refractivity contribution in [3.63, 3.8) is 0 Å². The van der Waals surface area contributed by atoms with Crippen LogP contribution in [0.2, 0.25) is 0 Å². The minimum Gasteiger partial charge on any atom is -0.510 e. The van der Waals surface area contributed by atoms with Gasteiger partial charge < -0.3 is 14.7 Å². The first-order valence-electron chi connectivity index (χ1n) is 8.92. The van der Waals surface area contributed by atoms with E-state index in [0.717, 1.165) is 29.1 Å². The topological polar surface area (TPSA) is 82.3 Å². The number of aliphatic hydroxyl groups is 1. The zero-order chi connectivity index (χ0) is 19.5. The molecule has 2 N–H and O–H groups in total. The number of hydrogen-bond acceptors (Lipinski definition) is 6. The van der Waals surface area contributed by atoms with Crippen molar-refractivity contribution in [1.29, 1.82) is 5.41 Å². The number of ether oxygens (including phenoxy) is 1. The highest BCUT2D eigenvalue weighted by atomic mass is 32.1. The molecule has 2 aromatic heterocycles. The Labute approximate surface area is 167 Å². The van der Waals surface area contributed by atoms with E-state index in [1.807, 2.05) is 52.7 Å². The van der Waals surface area contributed by atoms with Crippen LogP contribution in [0, 0.1) is 5.41 Å². The monoisotopic (exact) mass is 392 g/mol. The van der Waals surface area contributed by atoms with Gasteiger partial charge in [0.15, 0.2) is 0 Å². The Bertz CT molecular complexity index is 1010. The molecule has 7 heteroatoms. The second-order valence-corrected chi connectivity index (χ2v) is 7.29. The number of rotatable bonds is 6. The fourth-order valence-electron chi connectivity index (χ4n) is 3.13. The molecule has 1 aliphatic rings. The van der Waals surface area contributed by atoms with E-state index < -0.39 is 0 Å². The van der Waals surface area contributed by atoms with Crippen LogP contribution in [0.4, 0.5) is 0 Å². The van der Waals surface area contributed by atoms with Gasteiger partial charge in [0, 0.05) is 35.8 Å². The number of hydrogen-bond donors (Lipinski definition) is 2. The normalized spacial score (nSPS) is 14.0. The van der Waals surface area contributed by atoms with Crippen molar-refractivity contribution in [2.75, 3.05) is 20.2 Å². The molecule has 0 saturated carbocycles. The van der Waals surface area contributed by atoms with Gasteiger partial charge in [0.2, 0.25) is 0 Å². The molecule has 6 nitrogen and oxygen atoms in total. The molecule has 3 heterocycles. The minimum atomic E-state index is 0.196. The maximum atomic E-state index is 10.5. The lowest BCUT2D eigenvalue weighted by Gasteiger charge is -2.17. The number of nitrogens with one attached hydrogen (secondary N) is 1. The molecule has 0 saturated heterocycles. The fourth-order valence-corrected chi connectivity index (χ4v) is 4.02. The summed E-state index contributed by atoms with van der Waals surface area (Å²) in [4.78, 5) is 10.8. The van der Waals surface area contributed by atoms with E-state index in [2.05, 4.69) is 9.97 Å². The van der Waals surface area contributed by atoms with Crippen molar-refractivity contribution in [2.24, 2.45) is 0 Å². The van der Waals surface area contributed by atoms with Gasteiger partial charge in [0.1, 0.15) is 22.4 Å². The lowest BCUT2D eigenvalue weighted by Crippen LogP contribution is -2.29. The van der Waals surface area contributed by atoms with Crippen molar-refractivity contribution in [2.45, 2.75) is 6.42 Å². The average molecular weight is 392 g/mol. The van der Waals surface area contributed by atoms with Crippen LogP contribution in [-0.4, -0.2) is 46.0 Å². The maximum absolute atomic E-state index is 10.5. The summed E-state index contributed by atoms with van der Waals surface area (Å²) in [5.74, 6) is 1.30. The van der Waals surface area contributed by atoms with E-state index in [9.17, 15) is 5.11 Å². The van der Waals surface area contributed by atoms with Crippen molar-refractivity contribution >= 4 is 22.7 Å². The Morgan fingerprint density at radius 2 is 2.04 bits per heavy atom. The molecule has 0 unspecified atom stereocenters. The van der Waals surface area contributed by atoms with Crippen LogP contribution < -0.4 is 4.74 Å². The highest BCUT2D eigenvalue weighted by molar-refractivity contribution is 7.11. The molecule has 28 heavy (non-hydrogen) atoms. The Kier molecular flexibility index (Phi) is 5.08. The number of aromatic nitrogens is 2. The van der Waals surface area contributed by atoms with Gasteiger partial charge in [-0.15, -0.1) is 11.3 Å². The van der Waals surface area contributed by atoms with Crippen LogP contribution in [0.1, 0.15) is 10.7 Å². The smallest absolute Gasteiger partial charge is 0.135 e. The van der Waals surface area contributed by atoms with Crippen LogP contribution in [0.5, 0.6) is 5.75 Å². The standard InChI is InChI=1S/C21H20N4O2S/c1-27-16-7-5-14(6-8-16)17-13-28-21(24-17)19-18(26)12-25(20(19)22)11-9-15-4-2-3-10-23-15/h2-8,10,13,22,26H,9,11-12H2,1H3. The number of methoxy groups -OCH3 is 1. The zero-order valence-corrected chi connectivity index (χ0v) is 16.2. The van der Waals surface area contributed by atoms with Gasteiger partial charge in [-0.1, -0.05) is 6.07 Å². The quantitative estimate of drug-likeness (QED) is 0.662. The largest absolute Gasteiger partial charge is 0.510 e. The second kappa shape index (κ2) is 7.82. The average Bonchev–Trinajstić information content (AvgIpc) is 3.31. The van der Waals surface area contributed by atoms with Gasteiger partial charge in [-0.2, -0.15) is 0 Å². The number of aliphatic hydroxyl groups excluding tert-OH is 1. The first kappa shape index (κ1) is 18.2. The van der Waals surface area contributed by atoms with Crippen LogP contribution in [0.15, 0.2) is 59.8 Å². The first-order valence-corrected chi connectivity index (χ1v) is 9.80. The molecule has 0 spiro atoms. The van der Waals surface area contributed by atoms with Crippen molar-refractivity contribution in [1.82, 2.24) is 14.9 Å². The van der Waals surface area contributed by atoms with E-state index in [4.69, 9.17) is 10.1 Å². The predicted molar refractivity (Wildman–Crippen MR) is 111 cm³/mol. The maximum Gasteiger partial charge on any atom is 0.135 e. The Hall–Kier alpha value is -3.19. The molecule has 3 aromatic rings. The third-order valence-electron chi connectivity index (χ3n) is 4.65. The Morgan fingerprint density at radius 3 is 2.75 bits per heavy atom. The molecular weight excluding hydrogens is 372 g/mol. The summed E-state index contributed by atoms with van der Waals surface area (Å²) in [5.41, 5.74) is 3.28. The summed E-state index contributed by atoms with van der Waals surface area (Å²) in [6.07, 6.45) is 2.49. The summed E-state index contributed by atoms with van der Waals surface area (Å²) < 4.78 is 5.19. The number of amidine groups is 1. The van der Waals surface area contributed by atoms with Crippen molar-refractivity contribution in [3.8, 4) is 17.0 Å². The third kappa shape index (κ3) is 3.61. The van der Waals surface area contributed by atoms with Gasteiger partial charge in [-0.05, 0) is 36.4 Å². The third-order valence-corrected chi connectivity index (χ3v) is 5.51. The molecule has 0 bridgehead atoms. The number of benzene rings is 1. The molecule has 1 aliphatic heterocycles. The number of pyridine rings is 1. The fraction of sp³-hybridized carbons (Fsp3) is 0.190. The summed E-state index contributed by atoms with van der Waals surface area (Å²) in [6, 6.07) is 13.5. The molecular formula is C21H20N4O2S. The van der Waals surface area contributed by atoms with Gasteiger partial charge >= 0.3 is 0 Å². The molecule has 1 aromatic carbocycles. The van der Waals surface area contributed by atoms with Crippen LogP contribution in [0.25, 0.3) is 16.8 Å². The van der Waals surface area contributed by atoms with Crippen molar-refractivity contribution in [3.05, 3.63) is 70.5 Å².